The first kappa shape index (κ1) is 15.3. The van der Waals surface area contributed by atoms with Crippen LogP contribution in [0, 0.1) is 0 Å². The fourth-order valence-electron chi connectivity index (χ4n) is 2.54. The number of hydrogen-bond acceptors (Lipinski definition) is 4. The summed E-state index contributed by atoms with van der Waals surface area (Å²) in [6, 6.07) is 11.6. The van der Waals surface area contributed by atoms with Gasteiger partial charge in [-0.2, -0.15) is 5.10 Å². The second-order valence-electron chi connectivity index (χ2n) is 4.81. The summed E-state index contributed by atoms with van der Waals surface area (Å²) in [5.41, 5.74) is 0.0577. The third kappa shape index (κ3) is 3.31. The summed E-state index contributed by atoms with van der Waals surface area (Å²) in [4.78, 5) is 12.5. The molecule has 112 valence electrons. The van der Waals surface area contributed by atoms with Gasteiger partial charge in [0.2, 0.25) is 0 Å². The van der Waals surface area contributed by atoms with Crippen molar-refractivity contribution in [3.63, 3.8) is 0 Å². The number of hydrogen-bond donors (Lipinski definition) is 1. The average Bonchev–Trinajstić information content (AvgIpc) is 3.05. The predicted molar refractivity (Wildman–Crippen MR) is 80.7 cm³/mol. The Kier molecular flexibility index (Phi) is 5.11. The zero-order chi connectivity index (χ0) is 15.1. The molecule has 2 aromatic rings. The minimum Gasteiger partial charge on any atom is -0.467 e. The van der Waals surface area contributed by atoms with Crippen molar-refractivity contribution in [3.8, 4) is 0 Å². The number of esters is 1. The van der Waals surface area contributed by atoms with Crippen molar-refractivity contribution in [1.29, 1.82) is 0 Å². The maximum absolute atomic E-state index is 12.5. The van der Waals surface area contributed by atoms with Crippen molar-refractivity contribution in [3.05, 3.63) is 54.4 Å². The summed E-state index contributed by atoms with van der Waals surface area (Å²) in [7, 11) is 1.42. The second-order valence-corrected chi connectivity index (χ2v) is 4.81. The van der Waals surface area contributed by atoms with Crippen molar-refractivity contribution >= 4 is 5.97 Å². The number of nitrogens with one attached hydrogen (secondary N) is 1. The van der Waals surface area contributed by atoms with E-state index in [1.807, 2.05) is 54.2 Å². The number of ether oxygens (including phenoxy) is 1. The molecule has 5 nitrogen and oxygen atoms in total. The molecule has 0 aliphatic heterocycles. The highest BCUT2D eigenvalue weighted by Crippen LogP contribution is 2.27. The van der Waals surface area contributed by atoms with Gasteiger partial charge in [0, 0.05) is 25.4 Å². The van der Waals surface area contributed by atoms with Crippen LogP contribution in [0.5, 0.6) is 0 Å². The van der Waals surface area contributed by atoms with Gasteiger partial charge in [-0.1, -0.05) is 37.3 Å². The topological polar surface area (TPSA) is 56.2 Å². The molecule has 0 bridgehead atoms. The van der Waals surface area contributed by atoms with Crippen LogP contribution in [-0.2, 0) is 21.6 Å². The summed E-state index contributed by atoms with van der Waals surface area (Å²) in [5.74, 6) is -0.275. The van der Waals surface area contributed by atoms with Gasteiger partial charge in [-0.15, -0.1) is 0 Å². The van der Waals surface area contributed by atoms with Crippen molar-refractivity contribution in [2.75, 3.05) is 13.7 Å². The fraction of sp³-hybridized carbons (Fsp3) is 0.375. The van der Waals surface area contributed by atoms with Gasteiger partial charge in [-0.05, 0) is 18.2 Å². The normalized spacial score (nSPS) is 13.6. The SMILES string of the molecule is CCNC(CCn1cccn1)(C(=O)OC)c1ccccc1. The van der Waals surface area contributed by atoms with Gasteiger partial charge >= 0.3 is 5.97 Å². The molecule has 5 heteroatoms. The summed E-state index contributed by atoms with van der Waals surface area (Å²) >= 11 is 0. The maximum Gasteiger partial charge on any atom is 0.330 e. The third-order valence-corrected chi connectivity index (χ3v) is 3.55. The third-order valence-electron chi connectivity index (χ3n) is 3.55. The van der Waals surface area contributed by atoms with Crippen molar-refractivity contribution in [2.24, 2.45) is 0 Å². The Balaban J connectivity index is 2.33. The Morgan fingerprint density at radius 2 is 2.10 bits per heavy atom. The van der Waals surface area contributed by atoms with E-state index in [2.05, 4.69) is 10.4 Å². The number of rotatable bonds is 7. The lowest BCUT2D eigenvalue weighted by molar-refractivity contribution is -0.149. The molecule has 0 radical (unpaired) electrons. The standard InChI is InChI=1S/C16H21N3O2/c1-3-17-16(15(20)21-2,14-8-5-4-6-9-14)10-13-19-12-7-11-18-19/h4-9,11-12,17H,3,10,13H2,1-2H3. The number of aromatic nitrogens is 2. The van der Waals surface area contributed by atoms with Crippen LogP contribution in [-0.4, -0.2) is 29.4 Å². The molecule has 1 aromatic heterocycles. The highest BCUT2D eigenvalue weighted by molar-refractivity contribution is 5.82. The molecule has 1 unspecified atom stereocenters. The molecular weight excluding hydrogens is 266 g/mol. The summed E-state index contributed by atoms with van der Waals surface area (Å²) in [5, 5.41) is 7.50. The number of benzene rings is 1. The van der Waals surface area contributed by atoms with Crippen LogP contribution in [0.15, 0.2) is 48.8 Å². The van der Waals surface area contributed by atoms with Crippen LogP contribution in [0.3, 0.4) is 0 Å². The molecule has 0 aliphatic rings. The van der Waals surface area contributed by atoms with Crippen molar-refractivity contribution < 1.29 is 9.53 Å². The first-order chi connectivity index (χ1) is 10.2. The van der Waals surface area contributed by atoms with Gasteiger partial charge in [0.15, 0.2) is 0 Å². The first-order valence-electron chi connectivity index (χ1n) is 7.09. The number of nitrogens with zero attached hydrogens (tertiary/aromatic N) is 2. The molecule has 0 fully saturated rings. The monoisotopic (exact) mass is 287 g/mol. The zero-order valence-corrected chi connectivity index (χ0v) is 12.5. The van der Waals surface area contributed by atoms with E-state index in [1.165, 1.54) is 7.11 Å². The molecule has 1 heterocycles. The smallest absolute Gasteiger partial charge is 0.330 e. The lowest BCUT2D eigenvalue weighted by atomic mass is 9.86. The number of carbonyl (C=O) groups excluding carboxylic acids is 1. The second kappa shape index (κ2) is 7.04. The Morgan fingerprint density at radius 3 is 2.67 bits per heavy atom. The number of likely N-dealkylation sites (N-methyl/N-ethyl adjacent to an activating group) is 1. The van der Waals surface area contributed by atoms with Crippen LogP contribution < -0.4 is 5.32 Å². The fourth-order valence-corrected chi connectivity index (χ4v) is 2.54. The summed E-state index contributed by atoms with van der Waals surface area (Å²) < 4.78 is 6.88. The lowest BCUT2D eigenvalue weighted by Gasteiger charge is -2.32. The highest BCUT2D eigenvalue weighted by atomic mass is 16.5. The Hall–Kier alpha value is -2.14. The average molecular weight is 287 g/mol. The molecule has 1 aromatic carbocycles. The van der Waals surface area contributed by atoms with E-state index in [0.717, 1.165) is 5.56 Å². The molecule has 0 saturated heterocycles. The quantitative estimate of drug-likeness (QED) is 0.791. The minimum absolute atomic E-state index is 0.275. The Labute approximate surface area is 124 Å². The molecule has 1 N–H and O–H groups in total. The first-order valence-corrected chi connectivity index (χ1v) is 7.09. The molecule has 0 saturated carbocycles. The lowest BCUT2D eigenvalue weighted by Crippen LogP contribution is -2.50. The molecule has 0 aliphatic carbocycles. The van der Waals surface area contributed by atoms with E-state index >= 15 is 0 Å². The largest absolute Gasteiger partial charge is 0.467 e. The van der Waals surface area contributed by atoms with Crippen molar-refractivity contribution in [1.82, 2.24) is 15.1 Å². The predicted octanol–water partition coefficient (Wildman–Crippen LogP) is 1.95. The van der Waals surface area contributed by atoms with Crippen LogP contribution in [0.25, 0.3) is 0 Å². The van der Waals surface area contributed by atoms with Gasteiger partial charge in [0.1, 0.15) is 5.54 Å². The zero-order valence-electron chi connectivity index (χ0n) is 12.5. The van der Waals surface area contributed by atoms with Gasteiger partial charge in [0.05, 0.1) is 7.11 Å². The van der Waals surface area contributed by atoms with E-state index in [0.29, 0.717) is 19.5 Å². The van der Waals surface area contributed by atoms with Gasteiger partial charge < -0.3 is 4.74 Å². The van der Waals surface area contributed by atoms with E-state index in [1.54, 1.807) is 6.20 Å². The summed E-state index contributed by atoms with van der Waals surface area (Å²) in [6.45, 7) is 3.28. The van der Waals surface area contributed by atoms with Crippen LogP contribution in [0.1, 0.15) is 18.9 Å². The molecule has 0 amide bonds. The number of methoxy groups -OCH3 is 1. The molecule has 0 spiro atoms. The molecule has 1 atom stereocenters. The van der Waals surface area contributed by atoms with Gasteiger partial charge in [-0.25, -0.2) is 4.79 Å². The number of carbonyl (C=O) groups is 1. The van der Waals surface area contributed by atoms with Crippen molar-refractivity contribution in [2.45, 2.75) is 25.4 Å². The highest BCUT2D eigenvalue weighted by Gasteiger charge is 2.40. The van der Waals surface area contributed by atoms with Crippen LogP contribution in [0.2, 0.25) is 0 Å². The van der Waals surface area contributed by atoms with E-state index in [-0.39, 0.29) is 5.97 Å². The molecule has 2 rings (SSSR count). The van der Waals surface area contributed by atoms with E-state index < -0.39 is 5.54 Å². The number of aryl methyl sites for hydroxylation is 1. The van der Waals surface area contributed by atoms with Crippen LogP contribution in [0.4, 0.5) is 0 Å². The van der Waals surface area contributed by atoms with Gasteiger partial charge in [0.25, 0.3) is 0 Å². The van der Waals surface area contributed by atoms with Gasteiger partial charge in [-0.3, -0.25) is 10.00 Å². The Morgan fingerprint density at radius 1 is 1.33 bits per heavy atom. The molecule has 21 heavy (non-hydrogen) atoms. The molecular formula is C16H21N3O2. The van der Waals surface area contributed by atoms with Crippen LogP contribution >= 0.6 is 0 Å². The van der Waals surface area contributed by atoms with E-state index in [9.17, 15) is 4.79 Å². The minimum atomic E-state index is -0.850. The Bertz CT molecular complexity index is 554. The maximum atomic E-state index is 12.5. The van der Waals surface area contributed by atoms with E-state index in [4.69, 9.17) is 4.74 Å². The summed E-state index contributed by atoms with van der Waals surface area (Å²) in [6.07, 6.45) is 4.19.